The smallest absolute Gasteiger partial charge is 0.315 e. The highest BCUT2D eigenvalue weighted by molar-refractivity contribution is 5.76. The van der Waals surface area contributed by atoms with Crippen molar-refractivity contribution in [1.82, 2.24) is 10.6 Å². The van der Waals surface area contributed by atoms with Crippen molar-refractivity contribution < 1.29 is 14.7 Å². The lowest BCUT2D eigenvalue weighted by atomic mass is 9.84. The van der Waals surface area contributed by atoms with Crippen molar-refractivity contribution in [2.45, 2.75) is 66.3 Å². The van der Waals surface area contributed by atoms with Gasteiger partial charge >= 0.3 is 12.0 Å². The van der Waals surface area contributed by atoms with E-state index in [0.717, 1.165) is 19.3 Å². The zero-order valence-corrected chi connectivity index (χ0v) is 14.0. The summed E-state index contributed by atoms with van der Waals surface area (Å²) in [7, 11) is 0. The first-order valence-corrected chi connectivity index (χ1v) is 7.78. The Bertz CT molecular complexity index is 385. The lowest BCUT2D eigenvalue weighted by Gasteiger charge is -2.28. The zero-order valence-electron chi connectivity index (χ0n) is 14.0. The van der Waals surface area contributed by atoms with E-state index in [2.05, 4.69) is 24.5 Å². The van der Waals surface area contributed by atoms with E-state index in [4.69, 9.17) is 0 Å². The lowest BCUT2D eigenvalue weighted by Crippen LogP contribution is -2.48. The SMILES string of the molecule is CC(C)(C)CC(CNC(=O)NC1CCCC1(C)C)C(=O)O. The highest BCUT2D eigenvalue weighted by Gasteiger charge is 2.35. The number of carboxylic acid groups (broad SMARTS) is 1. The molecular formula is C16H30N2O3. The van der Waals surface area contributed by atoms with E-state index in [9.17, 15) is 14.7 Å². The van der Waals surface area contributed by atoms with Crippen LogP contribution < -0.4 is 10.6 Å². The quantitative estimate of drug-likeness (QED) is 0.730. The summed E-state index contributed by atoms with van der Waals surface area (Å²) in [5.74, 6) is -1.40. The fourth-order valence-electron chi connectivity index (χ4n) is 3.01. The second-order valence-electron chi connectivity index (χ2n) is 8.09. The van der Waals surface area contributed by atoms with Gasteiger partial charge in [0.25, 0.3) is 0 Å². The Hall–Kier alpha value is -1.26. The third kappa shape index (κ3) is 5.94. The number of nitrogens with one attached hydrogen (secondary N) is 2. The van der Waals surface area contributed by atoms with Crippen LogP contribution >= 0.6 is 0 Å². The van der Waals surface area contributed by atoms with Crippen molar-refractivity contribution in [2.75, 3.05) is 6.54 Å². The first-order valence-electron chi connectivity index (χ1n) is 7.78. The van der Waals surface area contributed by atoms with Gasteiger partial charge in [-0.25, -0.2) is 4.79 Å². The molecule has 0 radical (unpaired) electrons. The van der Waals surface area contributed by atoms with Gasteiger partial charge in [-0.2, -0.15) is 0 Å². The summed E-state index contributed by atoms with van der Waals surface area (Å²) in [6, 6.07) is -0.0847. The number of hydrogen-bond acceptors (Lipinski definition) is 2. The van der Waals surface area contributed by atoms with Crippen molar-refractivity contribution in [3.05, 3.63) is 0 Å². The van der Waals surface area contributed by atoms with Crippen LogP contribution in [0.2, 0.25) is 0 Å². The second-order valence-corrected chi connectivity index (χ2v) is 8.09. The summed E-state index contributed by atoms with van der Waals surface area (Å²) in [6.45, 7) is 10.5. The molecule has 5 heteroatoms. The molecule has 1 rings (SSSR count). The molecule has 0 aromatic rings. The van der Waals surface area contributed by atoms with Gasteiger partial charge in [0.2, 0.25) is 0 Å². The normalized spacial score (nSPS) is 22.6. The fourth-order valence-corrected chi connectivity index (χ4v) is 3.01. The molecule has 0 bridgehead atoms. The largest absolute Gasteiger partial charge is 0.481 e. The molecule has 1 aliphatic carbocycles. The van der Waals surface area contributed by atoms with Crippen LogP contribution in [0.3, 0.4) is 0 Å². The number of carboxylic acids is 1. The molecule has 0 aromatic carbocycles. The van der Waals surface area contributed by atoms with Gasteiger partial charge in [0.1, 0.15) is 0 Å². The number of aliphatic carboxylic acids is 1. The standard InChI is InChI=1S/C16H30N2O3/c1-15(2,3)9-11(13(19)20)10-17-14(21)18-12-7-6-8-16(12,4)5/h11-12H,6-10H2,1-5H3,(H,19,20)(H2,17,18,21). The minimum atomic E-state index is -0.855. The zero-order chi connectivity index (χ0) is 16.3. The van der Waals surface area contributed by atoms with Crippen LogP contribution in [0.15, 0.2) is 0 Å². The molecule has 2 unspecified atom stereocenters. The van der Waals surface area contributed by atoms with E-state index in [-0.39, 0.29) is 29.4 Å². The Morgan fingerprint density at radius 1 is 1.33 bits per heavy atom. The van der Waals surface area contributed by atoms with Crippen LogP contribution in [0.4, 0.5) is 4.79 Å². The van der Waals surface area contributed by atoms with Crippen molar-refractivity contribution in [3.63, 3.8) is 0 Å². The van der Waals surface area contributed by atoms with Gasteiger partial charge in [-0.15, -0.1) is 0 Å². The van der Waals surface area contributed by atoms with E-state index in [0.29, 0.717) is 6.42 Å². The third-order valence-electron chi connectivity index (χ3n) is 4.28. The van der Waals surface area contributed by atoms with Gasteiger partial charge in [-0.3, -0.25) is 4.79 Å². The molecule has 0 saturated heterocycles. The van der Waals surface area contributed by atoms with Crippen LogP contribution in [0.1, 0.15) is 60.3 Å². The van der Waals surface area contributed by atoms with E-state index >= 15 is 0 Å². The minimum absolute atomic E-state index is 0.0747. The first-order chi connectivity index (χ1) is 9.51. The van der Waals surface area contributed by atoms with Crippen molar-refractivity contribution >= 4 is 12.0 Å². The van der Waals surface area contributed by atoms with Crippen molar-refractivity contribution in [3.8, 4) is 0 Å². The number of amides is 2. The molecule has 0 aliphatic heterocycles. The molecule has 122 valence electrons. The van der Waals surface area contributed by atoms with E-state index < -0.39 is 11.9 Å². The molecule has 1 aliphatic rings. The van der Waals surface area contributed by atoms with Crippen molar-refractivity contribution in [1.29, 1.82) is 0 Å². The van der Waals surface area contributed by atoms with E-state index in [1.165, 1.54) is 0 Å². The van der Waals surface area contributed by atoms with E-state index in [1.807, 2.05) is 20.8 Å². The maximum absolute atomic E-state index is 12.0. The Morgan fingerprint density at radius 2 is 1.95 bits per heavy atom. The maximum atomic E-state index is 12.0. The summed E-state index contributed by atoms with van der Waals surface area (Å²) in [6.07, 6.45) is 3.77. The average molecular weight is 298 g/mol. The first kappa shape index (κ1) is 17.8. The molecule has 3 N–H and O–H groups in total. The predicted molar refractivity (Wildman–Crippen MR) is 83.2 cm³/mol. The summed E-state index contributed by atoms with van der Waals surface area (Å²) >= 11 is 0. The molecule has 1 fully saturated rings. The summed E-state index contributed by atoms with van der Waals surface area (Å²) in [5, 5.41) is 14.9. The summed E-state index contributed by atoms with van der Waals surface area (Å²) in [4.78, 5) is 23.2. The Morgan fingerprint density at radius 3 is 2.38 bits per heavy atom. The number of carbonyl (C=O) groups excluding carboxylic acids is 1. The van der Waals surface area contributed by atoms with Crippen molar-refractivity contribution in [2.24, 2.45) is 16.7 Å². The molecule has 21 heavy (non-hydrogen) atoms. The number of rotatable bonds is 5. The number of urea groups is 1. The molecule has 2 atom stereocenters. The van der Waals surface area contributed by atoms with Gasteiger partial charge in [-0.05, 0) is 30.1 Å². The minimum Gasteiger partial charge on any atom is -0.481 e. The Kier molecular flexibility index (Phi) is 5.65. The molecule has 1 saturated carbocycles. The molecule has 5 nitrogen and oxygen atoms in total. The fraction of sp³-hybridized carbons (Fsp3) is 0.875. The van der Waals surface area contributed by atoms with Gasteiger partial charge < -0.3 is 15.7 Å². The molecule has 0 spiro atoms. The molecule has 0 heterocycles. The number of hydrogen-bond donors (Lipinski definition) is 3. The second kappa shape index (κ2) is 6.67. The molecular weight excluding hydrogens is 268 g/mol. The third-order valence-corrected chi connectivity index (χ3v) is 4.28. The highest BCUT2D eigenvalue weighted by atomic mass is 16.4. The summed E-state index contributed by atoms with van der Waals surface area (Å²) < 4.78 is 0. The number of carbonyl (C=O) groups is 2. The van der Waals surface area contributed by atoms with Crippen LogP contribution in [0.25, 0.3) is 0 Å². The topological polar surface area (TPSA) is 78.4 Å². The average Bonchev–Trinajstić information content (AvgIpc) is 2.62. The van der Waals surface area contributed by atoms with Crippen LogP contribution in [0, 0.1) is 16.7 Å². The molecule has 2 amide bonds. The molecule has 0 aromatic heterocycles. The maximum Gasteiger partial charge on any atom is 0.315 e. The monoisotopic (exact) mass is 298 g/mol. The van der Waals surface area contributed by atoms with Gasteiger partial charge in [0.05, 0.1) is 5.92 Å². The van der Waals surface area contributed by atoms with E-state index in [1.54, 1.807) is 0 Å². The van der Waals surface area contributed by atoms with Crippen LogP contribution in [0.5, 0.6) is 0 Å². The predicted octanol–water partition coefficient (Wildman–Crippen LogP) is 3.00. The highest BCUT2D eigenvalue weighted by Crippen LogP contribution is 2.37. The van der Waals surface area contributed by atoms with Gasteiger partial charge in [-0.1, -0.05) is 41.0 Å². The van der Waals surface area contributed by atoms with Gasteiger partial charge in [0.15, 0.2) is 0 Å². The Balaban J connectivity index is 2.45. The lowest BCUT2D eigenvalue weighted by molar-refractivity contribution is -0.142. The van der Waals surface area contributed by atoms with Gasteiger partial charge in [0, 0.05) is 12.6 Å². The summed E-state index contributed by atoms with van der Waals surface area (Å²) in [5.41, 5.74) is 0.0452. The Labute approximate surface area is 127 Å². The van der Waals surface area contributed by atoms with Crippen LogP contribution in [-0.4, -0.2) is 29.7 Å². The van der Waals surface area contributed by atoms with Crippen LogP contribution in [-0.2, 0) is 4.79 Å².